The lowest BCUT2D eigenvalue weighted by molar-refractivity contribution is -0.384. The van der Waals surface area contributed by atoms with Crippen molar-refractivity contribution in [3.05, 3.63) is 39.9 Å². The molecule has 9 nitrogen and oxygen atoms in total. The molecule has 1 saturated heterocycles. The van der Waals surface area contributed by atoms with Crippen molar-refractivity contribution in [2.24, 2.45) is 5.73 Å². The molecule has 0 aliphatic carbocycles. The number of carbonyl (C=O) groups is 3. The van der Waals surface area contributed by atoms with Crippen molar-refractivity contribution in [3.8, 4) is 0 Å². The second kappa shape index (κ2) is 10.7. The average molecular weight is 418 g/mol. The van der Waals surface area contributed by atoms with E-state index in [-0.39, 0.29) is 23.9 Å². The molecule has 3 N–H and O–H groups in total. The van der Waals surface area contributed by atoms with Gasteiger partial charge in [0.1, 0.15) is 18.1 Å². The number of nitrogens with zero attached hydrogens (tertiary/aromatic N) is 2. The van der Waals surface area contributed by atoms with Crippen molar-refractivity contribution in [3.63, 3.8) is 0 Å². The predicted octanol–water partition coefficient (Wildman–Crippen LogP) is 2.07. The molecule has 1 aromatic rings. The highest BCUT2D eigenvalue weighted by molar-refractivity contribution is 5.99. The Labute approximate surface area is 176 Å². The van der Waals surface area contributed by atoms with Crippen molar-refractivity contribution in [1.82, 2.24) is 10.2 Å². The average Bonchev–Trinajstić information content (AvgIpc) is 2.72. The van der Waals surface area contributed by atoms with Gasteiger partial charge >= 0.3 is 0 Å². The van der Waals surface area contributed by atoms with Crippen LogP contribution in [0.25, 0.3) is 0 Å². The summed E-state index contributed by atoms with van der Waals surface area (Å²) in [5.74, 6) is -1.29. The molecule has 0 bridgehead atoms. The van der Waals surface area contributed by atoms with E-state index in [4.69, 9.17) is 5.73 Å². The number of benzene rings is 1. The third kappa shape index (κ3) is 5.55. The van der Waals surface area contributed by atoms with Crippen LogP contribution >= 0.6 is 0 Å². The molecule has 3 amide bonds. The lowest BCUT2D eigenvalue weighted by Crippen LogP contribution is -2.67. The lowest BCUT2D eigenvalue weighted by atomic mass is 9.94. The minimum atomic E-state index is -1.00. The number of unbranched alkanes of at least 4 members (excludes halogenated alkanes) is 3. The number of rotatable bonds is 11. The molecule has 9 heteroatoms. The van der Waals surface area contributed by atoms with Crippen LogP contribution in [0.15, 0.2) is 24.3 Å². The Hall–Kier alpha value is -2.97. The maximum atomic E-state index is 13.1. The smallest absolute Gasteiger partial charge is 0.269 e. The summed E-state index contributed by atoms with van der Waals surface area (Å²) in [6, 6.07) is 3.31. The fraction of sp³-hybridized carbons (Fsp3) is 0.571. The maximum Gasteiger partial charge on any atom is 0.269 e. The largest absolute Gasteiger partial charge is 0.368 e. The summed E-state index contributed by atoms with van der Waals surface area (Å²) >= 11 is 0. The zero-order valence-electron chi connectivity index (χ0n) is 17.5. The van der Waals surface area contributed by atoms with Crippen molar-refractivity contribution >= 4 is 23.4 Å². The van der Waals surface area contributed by atoms with E-state index < -0.39 is 29.0 Å². The van der Waals surface area contributed by atoms with Crippen LogP contribution < -0.4 is 11.1 Å². The first kappa shape index (κ1) is 23.3. The zero-order chi connectivity index (χ0) is 22.3. The molecule has 0 radical (unpaired) electrons. The molecular weight excluding hydrogens is 388 g/mol. The molecule has 1 aliphatic rings. The highest BCUT2D eigenvalue weighted by atomic mass is 16.6. The van der Waals surface area contributed by atoms with E-state index >= 15 is 0 Å². The Morgan fingerprint density at radius 2 is 1.87 bits per heavy atom. The van der Waals surface area contributed by atoms with Crippen LogP contribution in [-0.2, 0) is 20.8 Å². The van der Waals surface area contributed by atoms with Crippen LogP contribution in [0.1, 0.15) is 57.9 Å². The van der Waals surface area contributed by atoms with Gasteiger partial charge in [-0.25, -0.2) is 0 Å². The SMILES string of the molecule is CCCCCC[C@H]1C(=O)N[C@@H](CC)C(=O)N1[C@@H](Cc1ccc([N+](=O)[O-])cc1)C(N)=O. The summed E-state index contributed by atoms with van der Waals surface area (Å²) < 4.78 is 0. The topological polar surface area (TPSA) is 136 Å². The van der Waals surface area contributed by atoms with Gasteiger partial charge < -0.3 is 16.0 Å². The maximum absolute atomic E-state index is 13.1. The molecule has 2 rings (SSSR count). The number of amides is 3. The number of primary amides is 1. The third-order valence-corrected chi connectivity index (χ3v) is 5.49. The standard InChI is InChI=1S/C21H30N4O5/c1-3-5-6-7-8-17-20(27)23-16(4-2)21(28)24(17)18(19(22)26)13-14-9-11-15(12-10-14)25(29)30/h9-12,16-18H,3-8,13H2,1-2H3,(H2,22,26)(H,23,27)/t16-,17-,18-/m0/s1. The minimum absolute atomic E-state index is 0.0670. The Bertz CT molecular complexity index is 780. The molecular formula is C21H30N4O5. The molecule has 0 aromatic heterocycles. The summed E-state index contributed by atoms with van der Waals surface area (Å²) in [7, 11) is 0. The Morgan fingerprint density at radius 1 is 1.20 bits per heavy atom. The molecule has 1 aromatic carbocycles. The summed E-state index contributed by atoms with van der Waals surface area (Å²) in [6.07, 6.45) is 4.72. The van der Waals surface area contributed by atoms with E-state index in [0.29, 0.717) is 18.4 Å². The summed E-state index contributed by atoms with van der Waals surface area (Å²) in [4.78, 5) is 49.9. The third-order valence-electron chi connectivity index (χ3n) is 5.49. The Kier molecular flexibility index (Phi) is 8.32. The number of nitrogens with one attached hydrogen (secondary N) is 1. The van der Waals surface area contributed by atoms with Gasteiger partial charge in [-0.1, -0.05) is 51.7 Å². The summed E-state index contributed by atoms with van der Waals surface area (Å²) in [5.41, 5.74) is 6.21. The number of non-ortho nitro benzene ring substituents is 1. The number of nitrogens with two attached hydrogens (primary N) is 1. The fourth-order valence-corrected chi connectivity index (χ4v) is 3.78. The number of nitro benzene ring substituents is 1. The first-order chi connectivity index (χ1) is 14.3. The minimum Gasteiger partial charge on any atom is -0.368 e. The van der Waals surface area contributed by atoms with Gasteiger partial charge in [-0.2, -0.15) is 0 Å². The summed E-state index contributed by atoms with van der Waals surface area (Å²) in [6.45, 7) is 3.88. The molecule has 1 fully saturated rings. The first-order valence-electron chi connectivity index (χ1n) is 10.4. The normalized spacial score (nSPS) is 20.0. The van der Waals surface area contributed by atoms with E-state index in [1.807, 2.05) is 0 Å². The van der Waals surface area contributed by atoms with Gasteiger partial charge in [0.25, 0.3) is 5.69 Å². The quantitative estimate of drug-likeness (QED) is 0.322. The van der Waals surface area contributed by atoms with Crippen LogP contribution in [0.3, 0.4) is 0 Å². The van der Waals surface area contributed by atoms with Crippen molar-refractivity contribution in [2.75, 3.05) is 0 Å². The van der Waals surface area contributed by atoms with Gasteiger partial charge in [-0.3, -0.25) is 24.5 Å². The highest BCUT2D eigenvalue weighted by Crippen LogP contribution is 2.23. The van der Waals surface area contributed by atoms with Crippen molar-refractivity contribution < 1.29 is 19.3 Å². The molecule has 3 atom stereocenters. The first-order valence-corrected chi connectivity index (χ1v) is 10.4. The number of piperazine rings is 1. The number of carbonyl (C=O) groups excluding carboxylic acids is 3. The second-order valence-corrected chi connectivity index (χ2v) is 7.63. The number of nitro groups is 1. The molecule has 0 saturated carbocycles. The molecule has 0 unspecified atom stereocenters. The van der Waals surface area contributed by atoms with Gasteiger partial charge in [0.05, 0.1) is 4.92 Å². The zero-order valence-corrected chi connectivity index (χ0v) is 17.5. The van der Waals surface area contributed by atoms with Gasteiger partial charge in [0, 0.05) is 18.6 Å². The predicted molar refractivity (Wildman–Crippen MR) is 111 cm³/mol. The van der Waals surface area contributed by atoms with Crippen LogP contribution in [0.5, 0.6) is 0 Å². The molecule has 1 heterocycles. The summed E-state index contributed by atoms with van der Waals surface area (Å²) in [5, 5.41) is 13.6. The van der Waals surface area contributed by atoms with E-state index in [1.165, 1.54) is 29.2 Å². The molecule has 164 valence electrons. The van der Waals surface area contributed by atoms with E-state index in [0.717, 1.165) is 25.7 Å². The van der Waals surface area contributed by atoms with Gasteiger partial charge in [0.15, 0.2) is 0 Å². The van der Waals surface area contributed by atoms with Crippen LogP contribution in [0.2, 0.25) is 0 Å². The Morgan fingerprint density at radius 3 is 2.40 bits per heavy atom. The van der Waals surface area contributed by atoms with Crippen molar-refractivity contribution in [1.29, 1.82) is 0 Å². The van der Waals surface area contributed by atoms with Gasteiger partial charge in [-0.05, 0) is 18.4 Å². The number of hydrogen-bond acceptors (Lipinski definition) is 5. The highest BCUT2D eigenvalue weighted by Gasteiger charge is 2.44. The van der Waals surface area contributed by atoms with Crippen LogP contribution in [0, 0.1) is 10.1 Å². The molecule has 1 aliphatic heterocycles. The second-order valence-electron chi connectivity index (χ2n) is 7.63. The molecule has 0 spiro atoms. The molecule has 30 heavy (non-hydrogen) atoms. The van der Waals surface area contributed by atoms with E-state index in [2.05, 4.69) is 12.2 Å². The monoisotopic (exact) mass is 418 g/mol. The Balaban J connectivity index is 2.30. The van der Waals surface area contributed by atoms with Crippen LogP contribution in [-0.4, -0.2) is 45.7 Å². The lowest BCUT2D eigenvalue weighted by Gasteiger charge is -2.42. The van der Waals surface area contributed by atoms with E-state index in [9.17, 15) is 24.5 Å². The van der Waals surface area contributed by atoms with E-state index in [1.54, 1.807) is 6.92 Å². The van der Waals surface area contributed by atoms with Gasteiger partial charge in [-0.15, -0.1) is 0 Å². The number of hydrogen-bond donors (Lipinski definition) is 2. The van der Waals surface area contributed by atoms with Gasteiger partial charge in [0.2, 0.25) is 17.7 Å². The fourth-order valence-electron chi connectivity index (χ4n) is 3.78. The van der Waals surface area contributed by atoms with Crippen molar-refractivity contribution in [2.45, 2.75) is 76.9 Å². The van der Waals surface area contributed by atoms with Crippen LogP contribution in [0.4, 0.5) is 5.69 Å².